The number of nitrogens with one attached hydrogen (secondary N) is 1. The van der Waals surface area contributed by atoms with Gasteiger partial charge in [-0.25, -0.2) is 0 Å². The third-order valence-corrected chi connectivity index (χ3v) is 3.69. The summed E-state index contributed by atoms with van der Waals surface area (Å²) in [7, 11) is 0. The molecule has 0 saturated carbocycles. The average molecular weight is 392 g/mol. The molecular weight excluding hydrogens is 383 g/mol. The maximum absolute atomic E-state index is 11.5. The normalized spacial score (nSPS) is 11.4. The highest BCUT2D eigenvalue weighted by atomic mass is 127. The van der Waals surface area contributed by atoms with Crippen molar-refractivity contribution in [3.8, 4) is 0 Å². The fourth-order valence-corrected chi connectivity index (χ4v) is 1.87. The lowest BCUT2D eigenvalue weighted by atomic mass is 10.1. The predicted molar refractivity (Wildman–Crippen MR) is 77.6 cm³/mol. The van der Waals surface area contributed by atoms with Gasteiger partial charge in [-0.15, -0.1) is 0 Å². The Morgan fingerprint density at radius 2 is 1.81 bits per heavy atom. The number of alkyl halides is 3. The first-order chi connectivity index (χ1) is 7.21. The number of carbonyl (C=O) groups is 1. The molecule has 1 N–H and O–H groups in total. The van der Waals surface area contributed by atoms with Crippen LogP contribution in [0.25, 0.3) is 0 Å². The van der Waals surface area contributed by atoms with Crippen LogP contribution in [0, 0.1) is 17.4 Å². The molecule has 16 heavy (non-hydrogen) atoms. The van der Waals surface area contributed by atoms with Crippen LogP contribution >= 0.6 is 57.4 Å². The molecule has 0 aromatic heterocycles. The Hall–Kier alpha value is 0.290. The third kappa shape index (κ3) is 3.65. The second-order valence-corrected chi connectivity index (χ2v) is 6.81. The molecule has 0 aliphatic rings. The van der Waals surface area contributed by atoms with Gasteiger partial charge in [-0.1, -0.05) is 34.8 Å². The molecule has 1 rings (SSSR count). The zero-order valence-corrected chi connectivity index (χ0v) is 13.0. The van der Waals surface area contributed by atoms with Crippen molar-refractivity contribution < 1.29 is 4.79 Å². The van der Waals surface area contributed by atoms with Crippen LogP contribution in [0.5, 0.6) is 0 Å². The highest BCUT2D eigenvalue weighted by molar-refractivity contribution is 14.1. The molecule has 0 fully saturated rings. The van der Waals surface area contributed by atoms with E-state index in [4.69, 9.17) is 34.8 Å². The Balaban J connectivity index is 2.99. The topological polar surface area (TPSA) is 29.1 Å². The highest BCUT2D eigenvalue weighted by Crippen LogP contribution is 2.29. The van der Waals surface area contributed by atoms with Gasteiger partial charge in [0, 0.05) is 9.26 Å². The lowest BCUT2D eigenvalue weighted by Gasteiger charge is -2.14. The van der Waals surface area contributed by atoms with Gasteiger partial charge in [-0.2, -0.15) is 0 Å². The predicted octanol–water partition coefficient (Wildman–Crippen LogP) is 4.22. The molecule has 88 valence electrons. The number of rotatable bonds is 1. The minimum Gasteiger partial charge on any atom is -0.322 e. The molecule has 0 bridgehead atoms. The first kappa shape index (κ1) is 14.4. The van der Waals surface area contributed by atoms with Gasteiger partial charge in [0.05, 0.1) is 0 Å². The Bertz CT molecular complexity index is 429. The minimum atomic E-state index is -1.94. The standard InChI is InChI=1S/C10H9Cl3INO/c1-5-4-8(6(2)3-7(5)14)15-9(16)10(11,12)13/h3-4H,1-2H3,(H,15,16). The van der Waals surface area contributed by atoms with Crippen LogP contribution in [-0.4, -0.2) is 9.70 Å². The summed E-state index contributed by atoms with van der Waals surface area (Å²) in [6.07, 6.45) is 0. The summed E-state index contributed by atoms with van der Waals surface area (Å²) >= 11 is 18.6. The number of benzene rings is 1. The van der Waals surface area contributed by atoms with Gasteiger partial charge in [-0.05, 0) is 59.7 Å². The summed E-state index contributed by atoms with van der Waals surface area (Å²) in [5.41, 5.74) is 2.65. The van der Waals surface area contributed by atoms with Gasteiger partial charge in [0.2, 0.25) is 0 Å². The molecule has 0 atom stereocenters. The summed E-state index contributed by atoms with van der Waals surface area (Å²) in [6, 6.07) is 3.81. The van der Waals surface area contributed by atoms with E-state index in [-0.39, 0.29) is 0 Å². The van der Waals surface area contributed by atoms with Crippen molar-refractivity contribution in [2.24, 2.45) is 0 Å². The Morgan fingerprint density at radius 3 is 2.31 bits per heavy atom. The summed E-state index contributed by atoms with van der Waals surface area (Å²) in [5, 5.41) is 2.58. The maximum atomic E-state index is 11.5. The largest absolute Gasteiger partial charge is 0.322 e. The fraction of sp³-hybridized carbons (Fsp3) is 0.300. The molecule has 0 radical (unpaired) electrons. The monoisotopic (exact) mass is 391 g/mol. The van der Waals surface area contributed by atoms with Crippen LogP contribution in [0.3, 0.4) is 0 Å². The fourth-order valence-electron chi connectivity index (χ4n) is 1.11. The number of amides is 1. The molecule has 0 aliphatic heterocycles. The molecule has 1 aromatic carbocycles. The minimum absolute atomic E-state index is 0.652. The van der Waals surface area contributed by atoms with Gasteiger partial charge in [-0.3, -0.25) is 4.79 Å². The Kier molecular flexibility index (Phi) is 4.75. The van der Waals surface area contributed by atoms with Crippen LogP contribution in [0.2, 0.25) is 0 Å². The van der Waals surface area contributed by atoms with Gasteiger partial charge in [0.25, 0.3) is 9.70 Å². The van der Waals surface area contributed by atoms with Crippen LogP contribution in [-0.2, 0) is 4.79 Å². The number of aryl methyl sites for hydroxylation is 2. The van der Waals surface area contributed by atoms with Crippen molar-refractivity contribution in [2.45, 2.75) is 17.6 Å². The van der Waals surface area contributed by atoms with E-state index in [2.05, 4.69) is 27.9 Å². The Labute approximate surface area is 123 Å². The molecule has 0 heterocycles. The number of hydrogen-bond donors (Lipinski definition) is 1. The number of hydrogen-bond acceptors (Lipinski definition) is 1. The van der Waals surface area contributed by atoms with Crippen molar-refractivity contribution in [3.05, 3.63) is 26.8 Å². The highest BCUT2D eigenvalue weighted by Gasteiger charge is 2.30. The quantitative estimate of drug-likeness (QED) is 0.563. The number of anilines is 1. The van der Waals surface area contributed by atoms with E-state index in [1.54, 1.807) is 0 Å². The SMILES string of the molecule is Cc1cc(NC(=O)C(Cl)(Cl)Cl)c(C)cc1I. The van der Waals surface area contributed by atoms with Gasteiger partial charge in [0.15, 0.2) is 0 Å². The summed E-state index contributed by atoms with van der Waals surface area (Å²) < 4.78 is -0.814. The van der Waals surface area contributed by atoms with E-state index in [9.17, 15) is 4.79 Å². The third-order valence-electron chi connectivity index (χ3n) is 2.01. The van der Waals surface area contributed by atoms with Crippen LogP contribution in [0.4, 0.5) is 5.69 Å². The van der Waals surface area contributed by atoms with Gasteiger partial charge < -0.3 is 5.32 Å². The second-order valence-electron chi connectivity index (χ2n) is 3.37. The van der Waals surface area contributed by atoms with Crippen molar-refractivity contribution in [3.63, 3.8) is 0 Å². The number of carbonyl (C=O) groups excluding carboxylic acids is 1. The van der Waals surface area contributed by atoms with E-state index in [1.807, 2.05) is 26.0 Å². The first-order valence-electron chi connectivity index (χ1n) is 4.36. The lowest BCUT2D eigenvalue weighted by Crippen LogP contribution is -2.27. The van der Waals surface area contributed by atoms with Gasteiger partial charge >= 0.3 is 0 Å². The smallest absolute Gasteiger partial charge is 0.276 e. The lowest BCUT2D eigenvalue weighted by molar-refractivity contribution is -0.115. The zero-order chi connectivity index (χ0) is 12.5. The van der Waals surface area contributed by atoms with E-state index < -0.39 is 9.70 Å². The van der Waals surface area contributed by atoms with Crippen molar-refractivity contribution in [1.29, 1.82) is 0 Å². The Morgan fingerprint density at radius 1 is 1.25 bits per heavy atom. The molecule has 0 saturated heterocycles. The molecule has 0 spiro atoms. The molecule has 6 heteroatoms. The molecular formula is C10H9Cl3INO. The molecule has 1 aromatic rings. The van der Waals surface area contributed by atoms with E-state index in [1.165, 1.54) is 0 Å². The van der Waals surface area contributed by atoms with Crippen molar-refractivity contribution >= 4 is 69.0 Å². The van der Waals surface area contributed by atoms with Crippen molar-refractivity contribution in [1.82, 2.24) is 0 Å². The van der Waals surface area contributed by atoms with Crippen LogP contribution in [0.1, 0.15) is 11.1 Å². The first-order valence-corrected chi connectivity index (χ1v) is 6.58. The summed E-state index contributed by atoms with van der Waals surface area (Å²) in [4.78, 5) is 11.5. The van der Waals surface area contributed by atoms with Crippen LogP contribution < -0.4 is 5.32 Å². The molecule has 0 aliphatic carbocycles. The van der Waals surface area contributed by atoms with E-state index >= 15 is 0 Å². The molecule has 2 nitrogen and oxygen atoms in total. The summed E-state index contributed by atoms with van der Waals surface area (Å²) in [5.74, 6) is -0.652. The van der Waals surface area contributed by atoms with E-state index in [0.717, 1.165) is 14.7 Å². The second kappa shape index (κ2) is 5.29. The van der Waals surface area contributed by atoms with Crippen molar-refractivity contribution in [2.75, 3.05) is 5.32 Å². The molecule has 0 unspecified atom stereocenters. The summed E-state index contributed by atoms with van der Waals surface area (Å²) in [6.45, 7) is 3.84. The zero-order valence-electron chi connectivity index (χ0n) is 8.57. The average Bonchev–Trinajstić information content (AvgIpc) is 2.12. The van der Waals surface area contributed by atoms with Gasteiger partial charge in [0.1, 0.15) is 0 Å². The molecule has 1 amide bonds. The maximum Gasteiger partial charge on any atom is 0.276 e. The number of halogens is 4. The van der Waals surface area contributed by atoms with E-state index in [0.29, 0.717) is 5.69 Å². The van der Waals surface area contributed by atoms with Crippen LogP contribution in [0.15, 0.2) is 12.1 Å².